The van der Waals surface area contributed by atoms with Gasteiger partial charge in [-0.2, -0.15) is 0 Å². The molecular formula is C13H12Cl2O2. The maximum absolute atomic E-state index is 6.36. The molecule has 1 aromatic heterocycles. The second kappa shape index (κ2) is 5.03. The molecule has 0 spiro atoms. The maximum Gasteiger partial charge on any atom is 0.129 e. The summed E-state index contributed by atoms with van der Waals surface area (Å²) in [4.78, 5) is 0. The molecule has 1 unspecified atom stereocenters. The zero-order chi connectivity index (χ0) is 12.4. The molecule has 0 saturated carbocycles. The van der Waals surface area contributed by atoms with Gasteiger partial charge in [0, 0.05) is 5.02 Å². The van der Waals surface area contributed by atoms with E-state index < -0.39 is 0 Å². The van der Waals surface area contributed by atoms with E-state index in [2.05, 4.69) is 0 Å². The van der Waals surface area contributed by atoms with Gasteiger partial charge in [0.1, 0.15) is 16.9 Å². The molecule has 1 aromatic carbocycles. The summed E-state index contributed by atoms with van der Waals surface area (Å²) >= 11 is 12.5. The van der Waals surface area contributed by atoms with E-state index in [4.69, 9.17) is 32.4 Å². The molecular weight excluding hydrogens is 259 g/mol. The second-order valence-electron chi connectivity index (χ2n) is 3.72. The minimum Gasteiger partial charge on any atom is -0.497 e. The number of halogens is 2. The fourth-order valence-corrected chi connectivity index (χ4v) is 2.38. The Bertz CT molecular complexity index is 520. The maximum atomic E-state index is 6.36. The van der Waals surface area contributed by atoms with Gasteiger partial charge >= 0.3 is 0 Å². The van der Waals surface area contributed by atoms with E-state index in [1.165, 1.54) is 0 Å². The van der Waals surface area contributed by atoms with Crippen LogP contribution < -0.4 is 4.74 Å². The van der Waals surface area contributed by atoms with E-state index >= 15 is 0 Å². The van der Waals surface area contributed by atoms with Gasteiger partial charge in [-0.15, -0.1) is 11.6 Å². The van der Waals surface area contributed by atoms with E-state index in [9.17, 15) is 0 Å². The summed E-state index contributed by atoms with van der Waals surface area (Å²) in [5.41, 5.74) is 1.82. The quantitative estimate of drug-likeness (QED) is 0.762. The molecule has 0 fully saturated rings. The molecule has 0 amide bonds. The average Bonchev–Trinajstić information content (AvgIpc) is 2.74. The highest BCUT2D eigenvalue weighted by molar-refractivity contribution is 6.33. The van der Waals surface area contributed by atoms with E-state index in [0.717, 1.165) is 16.9 Å². The zero-order valence-corrected chi connectivity index (χ0v) is 11.0. The summed E-state index contributed by atoms with van der Waals surface area (Å²) in [5.74, 6) is 1.43. The molecule has 0 aliphatic heterocycles. The molecule has 90 valence electrons. The monoisotopic (exact) mass is 270 g/mol. The van der Waals surface area contributed by atoms with Crippen LogP contribution in [-0.4, -0.2) is 7.11 Å². The third-order valence-corrected chi connectivity index (χ3v) is 3.37. The minimum absolute atomic E-state index is 0.386. The Balaban J connectivity index is 2.38. The van der Waals surface area contributed by atoms with Crippen LogP contribution >= 0.6 is 23.2 Å². The molecule has 2 rings (SSSR count). The lowest BCUT2D eigenvalue weighted by Crippen LogP contribution is -1.95. The largest absolute Gasteiger partial charge is 0.497 e. The molecule has 2 nitrogen and oxygen atoms in total. The van der Waals surface area contributed by atoms with Crippen molar-refractivity contribution in [3.63, 3.8) is 0 Å². The van der Waals surface area contributed by atoms with Gasteiger partial charge in [0.15, 0.2) is 0 Å². The van der Waals surface area contributed by atoms with Gasteiger partial charge in [-0.3, -0.25) is 0 Å². The van der Waals surface area contributed by atoms with Crippen LogP contribution in [0.5, 0.6) is 5.75 Å². The van der Waals surface area contributed by atoms with E-state index in [0.29, 0.717) is 10.8 Å². The molecule has 0 aliphatic rings. The van der Waals surface area contributed by atoms with Gasteiger partial charge in [0.2, 0.25) is 0 Å². The van der Waals surface area contributed by atoms with Crippen LogP contribution in [0.15, 0.2) is 34.9 Å². The molecule has 0 bridgehead atoms. The Labute approximate surface area is 110 Å². The summed E-state index contributed by atoms with van der Waals surface area (Å²) in [6, 6.07) is 7.29. The Hall–Kier alpha value is -1.12. The molecule has 0 N–H and O–H groups in total. The molecule has 2 aromatic rings. The average molecular weight is 271 g/mol. The van der Waals surface area contributed by atoms with Crippen molar-refractivity contribution in [1.82, 2.24) is 0 Å². The van der Waals surface area contributed by atoms with Gasteiger partial charge in [-0.25, -0.2) is 0 Å². The third kappa shape index (κ3) is 2.43. The highest BCUT2D eigenvalue weighted by atomic mass is 35.5. The fourth-order valence-electron chi connectivity index (χ4n) is 1.63. The first-order valence-electron chi connectivity index (χ1n) is 5.15. The van der Waals surface area contributed by atoms with Gasteiger partial charge in [-0.05, 0) is 36.2 Å². The Morgan fingerprint density at radius 3 is 2.59 bits per heavy atom. The van der Waals surface area contributed by atoms with Crippen LogP contribution in [0.1, 0.15) is 22.3 Å². The van der Waals surface area contributed by atoms with E-state index in [1.807, 2.05) is 25.1 Å². The van der Waals surface area contributed by atoms with Crippen molar-refractivity contribution in [2.45, 2.75) is 12.3 Å². The first kappa shape index (κ1) is 12.3. The molecule has 0 radical (unpaired) electrons. The lowest BCUT2D eigenvalue weighted by molar-refractivity contribution is 0.414. The van der Waals surface area contributed by atoms with Gasteiger partial charge in [0.25, 0.3) is 0 Å². The molecule has 0 saturated heterocycles. The van der Waals surface area contributed by atoms with Crippen molar-refractivity contribution in [2.75, 3.05) is 7.11 Å². The number of furan rings is 1. The number of methoxy groups -OCH3 is 1. The molecule has 0 aliphatic carbocycles. The summed E-state index contributed by atoms with van der Waals surface area (Å²) < 4.78 is 10.5. The number of aryl methyl sites for hydroxylation is 1. The lowest BCUT2D eigenvalue weighted by Gasteiger charge is -2.11. The predicted octanol–water partition coefficient (Wildman–Crippen LogP) is 4.58. The predicted molar refractivity (Wildman–Crippen MR) is 69.1 cm³/mol. The topological polar surface area (TPSA) is 22.4 Å². The van der Waals surface area contributed by atoms with Crippen LogP contribution in [-0.2, 0) is 0 Å². The minimum atomic E-state index is -0.386. The van der Waals surface area contributed by atoms with Crippen LogP contribution in [0.2, 0.25) is 5.02 Å². The molecule has 1 atom stereocenters. The standard InChI is InChI=1S/C13H12Cl2O2/c1-8-5-6-17-13(8)12(15)10-4-3-9(16-2)7-11(10)14/h3-7,12H,1-2H3. The van der Waals surface area contributed by atoms with E-state index in [1.54, 1.807) is 19.4 Å². The lowest BCUT2D eigenvalue weighted by atomic mass is 10.1. The van der Waals surface area contributed by atoms with Crippen molar-refractivity contribution >= 4 is 23.2 Å². The highest BCUT2D eigenvalue weighted by Gasteiger charge is 2.19. The first-order chi connectivity index (χ1) is 8.13. The van der Waals surface area contributed by atoms with Gasteiger partial charge in [0.05, 0.1) is 13.4 Å². The number of alkyl halides is 1. The fraction of sp³-hybridized carbons (Fsp3) is 0.231. The van der Waals surface area contributed by atoms with E-state index in [-0.39, 0.29) is 5.38 Å². The van der Waals surface area contributed by atoms with Gasteiger partial charge in [-0.1, -0.05) is 17.7 Å². The second-order valence-corrected chi connectivity index (χ2v) is 4.56. The number of ether oxygens (including phenoxy) is 1. The van der Waals surface area contributed by atoms with Crippen molar-refractivity contribution in [1.29, 1.82) is 0 Å². The molecule has 1 heterocycles. The number of hydrogen-bond acceptors (Lipinski definition) is 2. The number of benzene rings is 1. The van der Waals surface area contributed by atoms with Gasteiger partial charge < -0.3 is 9.15 Å². The van der Waals surface area contributed by atoms with Crippen molar-refractivity contribution in [3.8, 4) is 5.75 Å². The van der Waals surface area contributed by atoms with Crippen molar-refractivity contribution < 1.29 is 9.15 Å². The van der Waals surface area contributed by atoms with Crippen molar-refractivity contribution in [2.24, 2.45) is 0 Å². The normalized spacial score (nSPS) is 12.5. The molecule has 4 heteroatoms. The smallest absolute Gasteiger partial charge is 0.129 e. The molecule has 17 heavy (non-hydrogen) atoms. The third-order valence-electron chi connectivity index (χ3n) is 2.61. The van der Waals surface area contributed by atoms with Crippen LogP contribution in [0, 0.1) is 6.92 Å². The zero-order valence-electron chi connectivity index (χ0n) is 9.54. The number of rotatable bonds is 3. The number of hydrogen-bond donors (Lipinski definition) is 0. The first-order valence-corrected chi connectivity index (χ1v) is 5.96. The van der Waals surface area contributed by atoms with Crippen LogP contribution in [0.3, 0.4) is 0 Å². The van der Waals surface area contributed by atoms with Crippen molar-refractivity contribution in [3.05, 3.63) is 52.4 Å². The summed E-state index contributed by atoms with van der Waals surface area (Å²) in [7, 11) is 1.60. The summed E-state index contributed by atoms with van der Waals surface area (Å²) in [6.45, 7) is 1.95. The Morgan fingerprint density at radius 1 is 1.29 bits per heavy atom. The Morgan fingerprint density at radius 2 is 2.06 bits per heavy atom. The highest BCUT2D eigenvalue weighted by Crippen LogP contribution is 2.36. The summed E-state index contributed by atoms with van der Waals surface area (Å²) in [5, 5.41) is 0.184. The SMILES string of the molecule is COc1ccc(C(Cl)c2occc2C)c(Cl)c1. The van der Waals surface area contributed by atoms with Crippen LogP contribution in [0.25, 0.3) is 0 Å². The Kier molecular flexibility index (Phi) is 3.65. The summed E-state index contributed by atoms with van der Waals surface area (Å²) in [6.07, 6.45) is 1.62. The van der Waals surface area contributed by atoms with Crippen LogP contribution in [0.4, 0.5) is 0 Å².